The highest BCUT2D eigenvalue weighted by Gasteiger charge is 2.33. The van der Waals surface area contributed by atoms with Gasteiger partial charge in [0.05, 0.1) is 6.54 Å². The van der Waals surface area contributed by atoms with E-state index in [0.29, 0.717) is 31.5 Å². The Kier molecular flexibility index (Phi) is 5.56. The summed E-state index contributed by atoms with van der Waals surface area (Å²) in [5, 5.41) is 2.96. The summed E-state index contributed by atoms with van der Waals surface area (Å²) in [5.74, 6) is 0.851. The van der Waals surface area contributed by atoms with Gasteiger partial charge in [0.25, 0.3) is 0 Å². The standard InChI is InChI=1S/C19H24N4O/c20-9-17-12-23(13-18(17)16-6-2-1-3-7-16)14-19(24)22-11-15-5-4-8-21-10-15/h1-8,10,17-18H,9,11-14,20H2,(H,22,24)/t17-,18+/m1/s1. The lowest BCUT2D eigenvalue weighted by Crippen LogP contribution is -2.36. The summed E-state index contributed by atoms with van der Waals surface area (Å²) in [6.45, 7) is 3.33. The normalized spacial score (nSPS) is 20.9. The second-order valence-corrected chi connectivity index (χ2v) is 6.35. The summed E-state index contributed by atoms with van der Waals surface area (Å²) in [6.07, 6.45) is 3.50. The minimum Gasteiger partial charge on any atom is -0.351 e. The third-order valence-corrected chi connectivity index (χ3v) is 4.63. The van der Waals surface area contributed by atoms with Crippen LogP contribution in [0.5, 0.6) is 0 Å². The number of benzene rings is 1. The van der Waals surface area contributed by atoms with Gasteiger partial charge in [-0.15, -0.1) is 0 Å². The number of carbonyl (C=O) groups excluding carboxylic acids is 1. The Bertz CT molecular complexity index is 647. The molecule has 3 N–H and O–H groups in total. The Labute approximate surface area is 142 Å². The SMILES string of the molecule is NC[C@@H]1CN(CC(=O)NCc2cccnc2)C[C@H]1c1ccccc1. The van der Waals surface area contributed by atoms with Gasteiger partial charge in [-0.25, -0.2) is 0 Å². The first-order valence-electron chi connectivity index (χ1n) is 8.39. The predicted molar refractivity (Wildman–Crippen MR) is 94.3 cm³/mol. The van der Waals surface area contributed by atoms with Gasteiger partial charge in [-0.05, 0) is 29.7 Å². The zero-order valence-electron chi connectivity index (χ0n) is 13.8. The van der Waals surface area contributed by atoms with Gasteiger partial charge in [0.15, 0.2) is 0 Å². The third kappa shape index (κ3) is 4.19. The van der Waals surface area contributed by atoms with Gasteiger partial charge in [0, 0.05) is 37.9 Å². The Balaban J connectivity index is 1.53. The van der Waals surface area contributed by atoms with Crippen LogP contribution in [-0.2, 0) is 11.3 Å². The number of hydrogen-bond donors (Lipinski definition) is 2. The van der Waals surface area contributed by atoms with Gasteiger partial charge in [-0.1, -0.05) is 36.4 Å². The maximum atomic E-state index is 12.2. The number of nitrogens with two attached hydrogens (primary N) is 1. The molecule has 0 spiro atoms. The van der Waals surface area contributed by atoms with Crippen molar-refractivity contribution >= 4 is 5.91 Å². The number of nitrogens with zero attached hydrogens (tertiary/aromatic N) is 2. The molecule has 0 saturated carbocycles. The largest absolute Gasteiger partial charge is 0.351 e. The number of carbonyl (C=O) groups is 1. The van der Waals surface area contributed by atoms with Crippen molar-refractivity contribution in [3.8, 4) is 0 Å². The van der Waals surface area contributed by atoms with E-state index in [1.807, 2.05) is 18.2 Å². The molecule has 24 heavy (non-hydrogen) atoms. The molecule has 1 fully saturated rings. The average Bonchev–Trinajstić information content (AvgIpc) is 3.04. The highest BCUT2D eigenvalue weighted by atomic mass is 16.2. The molecule has 1 aromatic carbocycles. The molecule has 5 nitrogen and oxygen atoms in total. The fraction of sp³-hybridized carbons (Fsp3) is 0.368. The van der Waals surface area contributed by atoms with Gasteiger partial charge in [-0.3, -0.25) is 14.7 Å². The first kappa shape index (κ1) is 16.6. The third-order valence-electron chi connectivity index (χ3n) is 4.63. The predicted octanol–water partition coefficient (Wildman–Crippen LogP) is 1.37. The zero-order valence-corrected chi connectivity index (χ0v) is 13.8. The molecule has 1 aliphatic heterocycles. The van der Waals surface area contributed by atoms with Crippen LogP contribution in [0.2, 0.25) is 0 Å². The number of likely N-dealkylation sites (tertiary alicyclic amines) is 1. The molecule has 126 valence electrons. The fourth-order valence-corrected chi connectivity index (χ4v) is 3.37. The van der Waals surface area contributed by atoms with Crippen molar-refractivity contribution in [2.45, 2.75) is 12.5 Å². The first-order chi connectivity index (χ1) is 11.8. The molecular formula is C19H24N4O. The second kappa shape index (κ2) is 8.04. The molecule has 2 aromatic rings. The number of pyridine rings is 1. The van der Waals surface area contributed by atoms with Crippen LogP contribution in [0.25, 0.3) is 0 Å². The van der Waals surface area contributed by atoms with Crippen LogP contribution in [-0.4, -0.2) is 42.0 Å². The van der Waals surface area contributed by atoms with Crippen LogP contribution in [0, 0.1) is 5.92 Å². The topological polar surface area (TPSA) is 71.2 Å². The molecule has 2 heterocycles. The zero-order chi connectivity index (χ0) is 16.8. The monoisotopic (exact) mass is 324 g/mol. The summed E-state index contributed by atoms with van der Waals surface area (Å²) in [5.41, 5.74) is 8.27. The van der Waals surface area contributed by atoms with Crippen molar-refractivity contribution in [3.63, 3.8) is 0 Å². The molecule has 3 rings (SSSR count). The van der Waals surface area contributed by atoms with Crippen molar-refractivity contribution in [1.29, 1.82) is 0 Å². The van der Waals surface area contributed by atoms with E-state index in [9.17, 15) is 4.79 Å². The van der Waals surface area contributed by atoms with Gasteiger partial charge in [-0.2, -0.15) is 0 Å². The van der Waals surface area contributed by atoms with E-state index >= 15 is 0 Å². The summed E-state index contributed by atoms with van der Waals surface area (Å²) in [6, 6.07) is 14.3. The van der Waals surface area contributed by atoms with E-state index in [1.54, 1.807) is 12.4 Å². The van der Waals surface area contributed by atoms with Crippen molar-refractivity contribution in [2.75, 3.05) is 26.2 Å². The Hall–Kier alpha value is -2.24. The fourth-order valence-electron chi connectivity index (χ4n) is 3.37. The number of nitrogens with one attached hydrogen (secondary N) is 1. The molecule has 1 amide bonds. The first-order valence-corrected chi connectivity index (χ1v) is 8.39. The quantitative estimate of drug-likeness (QED) is 0.842. The van der Waals surface area contributed by atoms with E-state index in [1.165, 1.54) is 5.56 Å². The molecule has 0 unspecified atom stereocenters. The molecule has 2 atom stereocenters. The van der Waals surface area contributed by atoms with E-state index in [0.717, 1.165) is 18.7 Å². The van der Waals surface area contributed by atoms with Crippen LogP contribution in [0.3, 0.4) is 0 Å². The molecular weight excluding hydrogens is 300 g/mol. The van der Waals surface area contributed by atoms with Crippen LogP contribution in [0.4, 0.5) is 0 Å². The molecule has 0 bridgehead atoms. The minimum absolute atomic E-state index is 0.0448. The van der Waals surface area contributed by atoms with Crippen LogP contribution >= 0.6 is 0 Å². The Morgan fingerprint density at radius 1 is 1.21 bits per heavy atom. The van der Waals surface area contributed by atoms with E-state index in [-0.39, 0.29) is 5.91 Å². The van der Waals surface area contributed by atoms with Crippen molar-refractivity contribution < 1.29 is 4.79 Å². The molecule has 1 aromatic heterocycles. The number of hydrogen-bond acceptors (Lipinski definition) is 4. The van der Waals surface area contributed by atoms with Gasteiger partial charge < -0.3 is 11.1 Å². The highest BCUT2D eigenvalue weighted by Crippen LogP contribution is 2.31. The Morgan fingerprint density at radius 3 is 2.75 bits per heavy atom. The average molecular weight is 324 g/mol. The Morgan fingerprint density at radius 2 is 2.04 bits per heavy atom. The second-order valence-electron chi connectivity index (χ2n) is 6.35. The van der Waals surface area contributed by atoms with Crippen LogP contribution < -0.4 is 11.1 Å². The summed E-state index contributed by atoms with van der Waals surface area (Å²) in [7, 11) is 0. The molecule has 5 heteroatoms. The number of amides is 1. The van der Waals surface area contributed by atoms with Crippen molar-refractivity contribution in [1.82, 2.24) is 15.2 Å². The maximum absolute atomic E-state index is 12.2. The van der Waals surface area contributed by atoms with Gasteiger partial charge in [0.2, 0.25) is 5.91 Å². The van der Waals surface area contributed by atoms with E-state index in [4.69, 9.17) is 5.73 Å². The molecule has 1 aliphatic rings. The van der Waals surface area contributed by atoms with Gasteiger partial charge >= 0.3 is 0 Å². The smallest absolute Gasteiger partial charge is 0.234 e. The van der Waals surface area contributed by atoms with Crippen LogP contribution in [0.1, 0.15) is 17.0 Å². The number of aromatic nitrogens is 1. The highest BCUT2D eigenvalue weighted by molar-refractivity contribution is 5.78. The molecule has 0 aliphatic carbocycles. The van der Waals surface area contributed by atoms with Crippen molar-refractivity contribution in [2.24, 2.45) is 11.7 Å². The van der Waals surface area contributed by atoms with Crippen LogP contribution in [0.15, 0.2) is 54.9 Å². The lowest BCUT2D eigenvalue weighted by atomic mass is 9.89. The lowest BCUT2D eigenvalue weighted by molar-refractivity contribution is -0.122. The lowest BCUT2D eigenvalue weighted by Gasteiger charge is -2.16. The maximum Gasteiger partial charge on any atom is 0.234 e. The van der Waals surface area contributed by atoms with E-state index in [2.05, 4.69) is 39.5 Å². The summed E-state index contributed by atoms with van der Waals surface area (Å²) >= 11 is 0. The number of rotatable bonds is 6. The molecule has 0 radical (unpaired) electrons. The summed E-state index contributed by atoms with van der Waals surface area (Å²) < 4.78 is 0. The van der Waals surface area contributed by atoms with Gasteiger partial charge in [0.1, 0.15) is 0 Å². The van der Waals surface area contributed by atoms with Crippen molar-refractivity contribution in [3.05, 3.63) is 66.0 Å². The minimum atomic E-state index is 0.0448. The van der Waals surface area contributed by atoms with E-state index < -0.39 is 0 Å². The summed E-state index contributed by atoms with van der Waals surface area (Å²) in [4.78, 5) is 18.5. The molecule has 1 saturated heterocycles.